The monoisotopic (exact) mass is 310 g/mol. The molecule has 0 saturated carbocycles. The minimum atomic E-state index is -0.493. The number of aryl methyl sites for hydroxylation is 1. The van der Waals surface area contributed by atoms with Crippen molar-refractivity contribution >= 4 is 22.7 Å². The van der Waals surface area contributed by atoms with Gasteiger partial charge in [0.25, 0.3) is 5.91 Å². The number of aromatic amines is 1. The number of piperidine rings is 1. The van der Waals surface area contributed by atoms with Crippen molar-refractivity contribution in [3.8, 4) is 11.1 Å². The molecule has 0 radical (unpaired) electrons. The predicted molar refractivity (Wildman–Crippen MR) is 83.5 cm³/mol. The zero-order valence-corrected chi connectivity index (χ0v) is 12.5. The molecule has 0 aliphatic carbocycles. The summed E-state index contributed by atoms with van der Waals surface area (Å²) >= 11 is 0. The molecule has 1 aliphatic heterocycles. The average Bonchev–Trinajstić information content (AvgIpc) is 3.12. The second-order valence-corrected chi connectivity index (χ2v) is 5.64. The second kappa shape index (κ2) is 5.05. The molecule has 1 saturated heterocycles. The zero-order valence-electron chi connectivity index (χ0n) is 13.5. The number of H-pyrrole nitrogens is 1. The molecule has 1 atom stereocenters. The van der Waals surface area contributed by atoms with E-state index in [-0.39, 0.29) is 11.8 Å². The highest BCUT2D eigenvalue weighted by Crippen LogP contribution is 2.33. The van der Waals surface area contributed by atoms with Crippen LogP contribution < -0.4 is 5.32 Å². The van der Waals surface area contributed by atoms with Crippen LogP contribution in [0.15, 0.2) is 30.6 Å². The minimum absolute atomic E-state index is 0.243. The third kappa shape index (κ3) is 2.12. The van der Waals surface area contributed by atoms with Crippen LogP contribution in [0.5, 0.6) is 0 Å². The molecule has 116 valence electrons. The van der Waals surface area contributed by atoms with Gasteiger partial charge in [0.2, 0.25) is 5.91 Å². The number of fused-ring (bicyclic) bond motifs is 1. The quantitative estimate of drug-likeness (QED) is 0.705. The normalized spacial score (nSPS) is 19.0. The molecule has 2 amide bonds. The summed E-state index contributed by atoms with van der Waals surface area (Å²) in [6.07, 6.45) is 4.00. The van der Waals surface area contributed by atoms with E-state index in [1.165, 1.54) is 0 Å². The van der Waals surface area contributed by atoms with Crippen molar-refractivity contribution in [2.24, 2.45) is 0 Å². The molecule has 1 aromatic carbocycles. The summed E-state index contributed by atoms with van der Waals surface area (Å²) in [6, 6.07) is 5.26. The molecule has 0 bridgehead atoms. The SMILES string of the molecule is [2H]n1cc(-c2cccc3c2c(C)nn3C2CCC(=O)NC2=O)cn1. The molecule has 2 aromatic heterocycles. The molecule has 7 nitrogen and oxygen atoms in total. The van der Waals surface area contributed by atoms with Gasteiger partial charge in [-0.25, -0.2) is 0 Å². The standard InChI is InChI=1S/C16H15N5O2/c1-9-15-11(10-7-17-18-8-10)3-2-4-12(15)21(20-9)13-5-6-14(22)19-16(13)23/h2-4,7-8,13H,5-6H2,1H3,(H,17,18)(H,19,22,23)/i/hD. The van der Waals surface area contributed by atoms with E-state index in [0.29, 0.717) is 12.8 Å². The Hall–Kier alpha value is -2.96. The van der Waals surface area contributed by atoms with Crippen LogP contribution >= 0.6 is 0 Å². The highest BCUT2D eigenvalue weighted by atomic mass is 16.2. The van der Waals surface area contributed by atoms with Crippen molar-refractivity contribution < 1.29 is 11.0 Å². The zero-order chi connectivity index (χ0) is 16.8. The summed E-state index contributed by atoms with van der Waals surface area (Å²) < 4.78 is 9.23. The van der Waals surface area contributed by atoms with Crippen LogP contribution in [0.25, 0.3) is 22.0 Å². The fraction of sp³-hybridized carbons (Fsp3) is 0.250. The molecule has 2 N–H and O–H groups in total. The Bertz CT molecular complexity index is 974. The van der Waals surface area contributed by atoms with Gasteiger partial charge >= 0.3 is 0 Å². The van der Waals surface area contributed by atoms with E-state index in [0.717, 1.165) is 32.8 Å². The van der Waals surface area contributed by atoms with E-state index in [4.69, 9.17) is 1.41 Å². The molecule has 7 heteroatoms. The molecule has 3 aromatic rings. The van der Waals surface area contributed by atoms with Crippen LogP contribution in [0, 0.1) is 6.92 Å². The first kappa shape index (κ1) is 12.6. The van der Waals surface area contributed by atoms with E-state index < -0.39 is 6.04 Å². The summed E-state index contributed by atoms with van der Waals surface area (Å²) in [7, 11) is 0. The van der Waals surface area contributed by atoms with Gasteiger partial charge < -0.3 is 0 Å². The Morgan fingerprint density at radius 3 is 3.00 bits per heavy atom. The Balaban J connectivity index is 1.88. The first-order valence-electron chi connectivity index (χ1n) is 7.85. The van der Waals surface area contributed by atoms with Crippen molar-refractivity contribution in [3.63, 3.8) is 0 Å². The minimum Gasteiger partial charge on any atom is -0.295 e. The largest absolute Gasteiger partial charge is 0.295 e. The third-order valence-electron chi connectivity index (χ3n) is 4.19. The first-order valence-corrected chi connectivity index (χ1v) is 7.40. The number of nitrogens with zero attached hydrogens (tertiary/aromatic N) is 3. The molecule has 23 heavy (non-hydrogen) atoms. The van der Waals surface area contributed by atoms with E-state index in [1.54, 1.807) is 17.1 Å². The number of amides is 2. The predicted octanol–water partition coefficient (Wildman–Crippen LogP) is 1.71. The van der Waals surface area contributed by atoms with Crippen LogP contribution in [0.2, 0.25) is 1.41 Å². The number of rotatable bonds is 2. The number of imide groups is 1. The first-order chi connectivity index (χ1) is 11.5. The van der Waals surface area contributed by atoms with Crippen LogP contribution in [-0.2, 0) is 9.59 Å². The smallest absolute Gasteiger partial charge is 0.251 e. The lowest BCUT2D eigenvalue weighted by atomic mass is 10.0. The molecule has 0 spiro atoms. The lowest BCUT2D eigenvalue weighted by Crippen LogP contribution is -2.42. The lowest BCUT2D eigenvalue weighted by Gasteiger charge is -2.21. The number of carbonyl (C=O) groups excluding carboxylic acids is 2. The number of aromatic nitrogens is 4. The topological polar surface area (TPSA) is 92.7 Å². The van der Waals surface area contributed by atoms with Gasteiger partial charge in [-0.1, -0.05) is 12.1 Å². The highest BCUT2D eigenvalue weighted by molar-refractivity contribution is 6.01. The van der Waals surface area contributed by atoms with Crippen LogP contribution in [-0.4, -0.2) is 31.8 Å². The maximum absolute atomic E-state index is 12.2. The van der Waals surface area contributed by atoms with Gasteiger partial charge in [-0.15, -0.1) is 0 Å². The summed E-state index contributed by atoms with van der Waals surface area (Å²) in [5.41, 5.74) is 3.36. The molecule has 1 fully saturated rings. The highest BCUT2D eigenvalue weighted by Gasteiger charge is 2.30. The van der Waals surface area contributed by atoms with Gasteiger partial charge in [0, 0.05) is 23.6 Å². The third-order valence-corrected chi connectivity index (χ3v) is 4.19. The van der Waals surface area contributed by atoms with Crippen molar-refractivity contribution in [2.45, 2.75) is 25.8 Å². The molecular weight excluding hydrogens is 294 g/mol. The fourth-order valence-corrected chi connectivity index (χ4v) is 3.13. The number of carbonyl (C=O) groups is 2. The molecule has 3 heterocycles. The van der Waals surface area contributed by atoms with Crippen LogP contribution in [0.4, 0.5) is 0 Å². The number of hydrogen-bond acceptors (Lipinski definition) is 4. The van der Waals surface area contributed by atoms with Crippen LogP contribution in [0.3, 0.4) is 0 Å². The lowest BCUT2D eigenvalue weighted by molar-refractivity contribution is -0.135. The number of nitrogens with one attached hydrogen (secondary N) is 2. The van der Waals surface area contributed by atoms with Crippen LogP contribution in [0.1, 0.15) is 24.6 Å². The Kier molecular flexibility index (Phi) is 2.76. The van der Waals surface area contributed by atoms with Gasteiger partial charge in [0.15, 0.2) is 1.41 Å². The van der Waals surface area contributed by atoms with Crippen molar-refractivity contribution in [2.75, 3.05) is 0 Å². The van der Waals surface area contributed by atoms with Crippen molar-refractivity contribution in [1.29, 1.82) is 0 Å². The number of hydrogen-bond donors (Lipinski definition) is 2. The summed E-state index contributed by atoms with van der Waals surface area (Å²) in [5.74, 6) is -0.562. The summed E-state index contributed by atoms with van der Waals surface area (Å²) in [4.78, 5) is 23.6. The summed E-state index contributed by atoms with van der Waals surface area (Å²) in [5, 5.41) is 12.8. The Labute approximate surface area is 133 Å². The van der Waals surface area contributed by atoms with Gasteiger partial charge in [-0.3, -0.25) is 24.7 Å². The molecule has 1 unspecified atom stereocenters. The van der Waals surface area contributed by atoms with E-state index in [1.807, 2.05) is 25.1 Å². The maximum Gasteiger partial charge on any atom is 0.251 e. The van der Waals surface area contributed by atoms with E-state index >= 15 is 0 Å². The molecular formula is C16H15N5O2. The molecule has 1 aliphatic rings. The van der Waals surface area contributed by atoms with Gasteiger partial charge in [0.05, 0.1) is 17.4 Å². The Morgan fingerprint density at radius 2 is 2.26 bits per heavy atom. The van der Waals surface area contributed by atoms with Gasteiger partial charge in [0.1, 0.15) is 6.04 Å². The second-order valence-electron chi connectivity index (χ2n) is 5.64. The van der Waals surface area contributed by atoms with E-state index in [9.17, 15) is 9.59 Å². The van der Waals surface area contributed by atoms with E-state index in [2.05, 4.69) is 15.5 Å². The summed E-state index contributed by atoms with van der Waals surface area (Å²) in [6.45, 7) is 1.89. The molecule has 4 rings (SSSR count). The average molecular weight is 310 g/mol. The van der Waals surface area contributed by atoms with Crippen molar-refractivity contribution in [3.05, 3.63) is 36.3 Å². The maximum atomic E-state index is 12.2. The fourth-order valence-electron chi connectivity index (χ4n) is 3.13. The van der Waals surface area contributed by atoms with Gasteiger partial charge in [-0.05, 0) is 25.0 Å². The number of benzene rings is 1. The van der Waals surface area contributed by atoms with Crippen molar-refractivity contribution in [1.82, 2.24) is 25.3 Å². The van der Waals surface area contributed by atoms with Gasteiger partial charge in [-0.2, -0.15) is 10.2 Å². The Morgan fingerprint density at radius 1 is 1.39 bits per heavy atom.